The maximum Gasteiger partial charge on any atom is 0.321 e. The molecule has 0 aliphatic carbocycles. The number of carbonyl (C=O) groups is 1. The van der Waals surface area contributed by atoms with Gasteiger partial charge in [-0.25, -0.2) is 8.42 Å². The fourth-order valence-corrected chi connectivity index (χ4v) is 6.99. The van der Waals surface area contributed by atoms with Crippen molar-refractivity contribution < 1.29 is 27.8 Å². The van der Waals surface area contributed by atoms with Crippen LogP contribution in [-0.2, 0) is 21.1 Å². The number of nitrogens with one attached hydrogen (secondary N) is 2. The van der Waals surface area contributed by atoms with E-state index in [0.29, 0.717) is 24.3 Å². The van der Waals surface area contributed by atoms with Crippen molar-refractivity contribution in [2.24, 2.45) is 0 Å². The fraction of sp³-hybridized carbons (Fsp3) is 0.345. The second-order valence-electron chi connectivity index (χ2n) is 9.49. The molecule has 0 amide bonds. The average Bonchev–Trinajstić information content (AvgIpc) is 2.95. The van der Waals surface area contributed by atoms with Crippen LogP contribution in [0.4, 0.5) is 0 Å². The first-order valence-corrected chi connectivity index (χ1v) is 14.1. The fourth-order valence-electron chi connectivity index (χ4n) is 5.00. The van der Waals surface area contributed by atoms with E-state index in [0.717, 1.165) is 23.2 Å². The Morgan fingerprint density at radius 1 is 1.00 bits per heavy atom. The number of methoxy groups -OCH3 is 2. The highest BCUT2D eigenvalue weighted by atomic mass is 32.2. The van der Waals surface area contributed by atoms with E-state index in [1.807, 2.05) is 42.5 Å². The Kier molecular flexibility index (Phi) is 8.71. The molecule has 8 nitrogen and oxygen atoms in total. The lowest BCUT2D eigenvalue weighted by Crippen LogP contribution is -2.59. The number of hydrogen-bond acceptors (Lipinski definition) is 7. The van der Waals surface area contributed by atoms with Gasteiger partial charge in [-0.15, -0.1) is 0 Å². The van der Waals surface area contributed by atoms with Gasteiger partial charge in [0.15, 0.2) is 9.84 Å². The summed E-state index contributed by atoms with van der Waals surface area (Å²) in [5.74, 6) is 0.317. The molecule has 0 radical (unpaired) electrons. The summed E-state index contributed by atoms with van der Waals surface area (Å²) in [6, 6.07) is 20.5. The van der Waals surface area contributed by atoms with Gasteiger partial charge in [0.2, 0.25) is 0 Å². The third-order valence-electron chi connectivity index (χ3n) is 7.14. The van der Waals surface area contributed by atoms with Crippen LogP contribution >= 0.6 is 0 Å². The van der Waals surface area contributed by atoms with Crippen molar-refractivity contribution in [3.8, 4) is 22.6 Å². The summed E-state index contributed by atoms with van der Waals surface area (Å²) in [7, 11) is -0.510. The Morgan fingerprint density at radius 2 is 1.66 bits per heavy atom. The van der Waals surface area contributed by atoms with Gasteiger partial charge in [-0.05, 0) is 61.2 Å². The van der Waals surface area contributed by atoms with Crippen LogP contribution in [-0.4, -0.2) is 64.1 Å². The zero-order valence-corrected chi connectivity index (χ0v) is 22.5. The van der Waals surface area contributed by atoms with Crippen molar-refractivity contribution in [2.45, 2.75) is 34.9 Å². The van der Waals surface area contributed by atoms with Gasteiger partial charge >= 0.3 is 5.97 Å². The van der Waals surface area contributed by atoms with Gasteiger partial charge < -0.3 is 25.2 Å². The number of aliphatic carboxylic acids is 1. The molecule has 4 rings (SSSR count). The number of rotatable bonds is 11. The minimum Gasteiger partial charge on any atom is -0.496 e. The quantitative estimate of drug-likeness (QED) is 0.340. The molecule has 1 saturated heterocycles. The second kappa shape index (κ2) is 12.0. The van der Waals surface area contributed by atoms with Crippen molar-refractivity contribution in [3.63, 3.8) is 0 Å². The molecule has 1 unspecified atom stereocenters. The van der Waals surface area contributed by atoms with Crippen LogP contribution in [0.2, 0.25) is 0 Å². The molecule has 1 aliphatic rings. The zero-order chi connectivity index (χ0) is 27.2. The molecule has 9 heteroatoms. The summed E-state index contributed by atoms with van der Waals surface area (Å²) in [6.07, 6.45) is 1.35. The molecule has 1 fully saturated rings. The zero-order valence-electron chi connectivity index (χ0n) is 21.6. The van der Waals surface area contributed by atoms with Crippen molar-refractivity contribution in [1.29, 1.82) is 0 Å². The molecule has 3 aromatic carbocycles. The van der Waals surface area contributed by atoms with E-state index in [2.05, 4.69) is 10.6 Å². The van der Waals surface area contributed by atoms with E-state index in [1.165, 1.54) is 0 Å². The third kappa shape index (κ3) is 5.70. The first kappa shape index (κ1) is 27.6. The Hall–Kier alpha value is -3.40. The average molecular weight is 539 g/mol. The van der Waals surface area contributed by atoms with Gasteiger partial charge in [-0.2, -0.15) is 0 Å². The van der Waals surface area contributed by atoms with Crippen molar-refractivity contribution in [1.82, 2.24) is 10.6 Å². The molecule has 1 heterocycles. The van der Waals surface area contributed by atoms with Crippen LogP contribution in [0, 0.1) is 0 Å². The summed E-state index contributed by atoms with van der Waals surface area (Å²) < 4.78 is 37.2. The van der Waals surface area contributed by atoms with Gasteiger partial charge in [-0.3, -0.25) is 4.79 Å². The maximum absolute atomic E-state index is 13.7. The van der Waals surface area contributed by atoms with Crippen LogP contribution in [0.3, 0.4) is 0 Å². The van der Waals surface area contributed by atoms with E-state index in [9.17, 15) is 18.3 Å². The standard InChI is InChI=1S/C29H34N2O6S/c1-36-25-10-6-11-26(37-2)27(25)22-14-12-21(13-15-22)18-24(28(32)33)31-20-29(16-7-17-30-19-29)38(34,35)23-8-4-3-5-9-23/h3-6,8-15,24,30-31H,7,16-20H2,1-2H3,(H,32,33)/t24-,29?/m0/s1. The highest BCUT2D eigenvalue weighted by molar-refractivity contribution is 7.93. The molecule has 3 N–H and O–H groups in total. The van der Waals surface area contributed by atoms with E-state index in [1.54, 1.807) is 44.6 Å². The van der Waals surface area contributed by atoms with Crippen LogP contribution in [0.25, 0.3) is 11.1 Å². The molecular weight excluding hydrogens is 504 g/mol. The largest absolute Gasteiger partial charge is 0.496 e. The van der Waals surface area contributed by atoms with Crippen LogP contribution in [0.15, 0.2) is 77.7 Å². The Morgan fingerprint density at radius 3 is 2.21 bits per heavy atom. The molecule has 0 saturated carbocycles. The summed E-state index contributed by atoms with van der Waals surface area (Å²) in [5, 5.41) is 16.3. The highest BCUT2D eigenvalue weighted by Gasteiger charge is 2.46. The lowest BCUT2D eigenvalue weighted by atomic mass is 9.96. The minimum atomic E-state index is -3.71. The van der Waals surface area contributed by atoms with Crippen molar-refractivity contribution in [3.05, 3.63) is 78.4 Å². The number of sulfone groups is 1. The highest BCUT2D eigenvalue weighted by Crippen LogP contribution is 2.38. The number of ether oxygens (including phenoxy) is 2. The molecule has 0 spiro atoms. The van der Waals surface area contributed by atoms with Crippen molar-refractivity contribution in [2.75, 3.05) is 33.9 Å². The molecule has 0 aromatic heterocycles. The van der Waals surface area contributed by atoms with E-state index in [-0.39, 0.29) is 24.4 Å². The monoisotopic (exact) mass is 538 g/mol. The second-order valence-corrected chi connectivity index (χ2v) is 11.8. The molecule has 2 atom stereocenters. The van der Waals surface area contributed by atoms with Gasteiger partial charge in [0.25, 0.3) is 0 Å². The summed E-state index contributed by atoms with van der Waals surface area (Å²) in [5.41, 5.74) is 2.50. The molecule has 3 aromatic rings. The van der Waals surface area contributed by atoms with Gasteiger partial charge in [0.1, 0.15) is 22.3 Å². The molecule has 202 valence electrons. The third-order valence-corrected chi connectivity index (χ3v) is 9.66. The van der Waals surface area contributed by atoms with Gasteiger partial charge in [0, 0.05) is 13.1 Å². The number of carboxylic acid groups (broad SMARTS) is 1. The number of benzene rings is 3. The number of piperidine rings is 1. The van der Waals surface area contributed by atoms with Crippen LogP contribution in [0.1, 0.15) is 18.4 Å². The lowest BCUT2D eigenvalue weighted by molar-refractivity contribution is -0.139. The van der Waals surface area contributed by atoms with Crippen molar-refractivity contribution >= 4 is 15.8 Å². The summed E-state index contributed by atoms with van der Waals surface area (Å²) >= 11 is 0. The smallest absolute Gasteiger partial charge is 0.321 e. The Balaban J connectivity index is 1.54. The van der Waals surface area contributed by atoms with Gasteiger partial charge in [-0.1, -0.05) is 48.5 Å². The number of carboxylic acids is 1. The first-order chi connectivity index (χ1) is 18.3. The van der Waals surface area contributed by atoms with Crippen LogP contribution < -0.4 is 20.1 Å². The molecule has 1 aliphatic heterocycles. The first-order valence-electron chi connectivity index (χ1n) is 12.6. The normalized spacial score (nSPS) is 18.5. The summed E-state index contributed by atoms with van der Waals surface area (Å²) in [4.78, 5) is 12.4. The SMILES string of the molecule is COc1cccc(OC)c1-c1ccc(C[C@H](NCC2(S(=O)(=O)c3ccccc3)CCCNC2)C(=O)O)cc1. The minimum absolute atomic E-state index is 0.0324. The molecule has 38 heavy (non-hydrogen) atoms. The molecular formula is C29H34N2O6S. The number of hydrogen-bond donors (Lipinski definition) is 3. The Bertz CT molecular complexity index is 1310. The van der Waals surface area contributed by atoms with E-state index >= 15 is 0 Å². The lowest BCUT2D eigenvalue weighted by Gasteiger charge is -2.38. The summed E-state index contributed by atoms with van der Waals surface area (Å²) in [6.45, 7) is 1.03. The van der Waals surface area contributed by atoms with Gasteiger partial charge in [0.05, 0.1) is 24.7 Å². The topological polar surface area (TPSA) is 114 Å². The predicted molar refractivity (Wildman–Crippen MR) is 147 cm³/mol. The van der Waals surface area contributed by atoms with E-state index < -0.39 is 26.6 Å². The maximum atomic E-state index is 13.7. The predicted octanol–water partition coefficient (Wildman–Crippen LogP) is 3.55. The van der Waals surface area contributed by atoms with E-state index in [4.69, 9.17) is 9.47 Å². The van der Waals surface area contributed by atoms with Crippen LogP contribution in [0.5, 0.6) is 11.5 Å². The molecule has 0 bridgehead atoms. The Labute approximate surface area is 223 Å².